The van der Waals surface area contributed by atoms with Crippen LogP contribution in [0, 0.1) is 0 Å². The van der Waals surface area contributed by atoms with Crippen LogP contribution in [0.1, 0.15) is 0 Å². The van der Waals surface area contributed by atoms with Crippen LogP contribution < -0.4 is 0 Å². The molecule has 0 radical (unpaired) electrons. The fourth-order valence-corrected chi connectivity index (χ4v) is 9.26. The maximum Gasteiger partial charge on any atom is 0.166 e. The van der Waals surface area contributed by atoms with E-state index >= 15 is 0 Å². The highest BCUT2D eigenvalue weighted by Crippen LogP contribution is 2.43. The number of thiophene rings is 1. The molecule has 0 N–H and O–H groups in total. The molecule has 5 heteroatoms. The monoisotopic (exact) mass is 732 g/mol. The van der Waals surface area contributed by atoms with Crippen molar-refractivity contribution in [1.82, 2.24) is 19.5 Å². The third-order valence-electron chi connectivity index (χ3n) is 10.7. The summed E-state index contributed by atoms with van der Waals surface area (Å²) in [7, 11) is 0. The van der Waals surface area contributed by atoms with Crippen molar-refractivity contribution in [1.29, 1.82) is 0 Å². The number of fused-ring (bicyclic) bond motifs is 6. The van der Waals surface area contributed by atoms with Gasteiger partial charge in [-0.15, -0.1) is 11.3 Å². The van der Waals surface area contributed by atoms with Gasteiger partial charge in [0.15, 0.2) is 17.5 Å². The highest BCUT2D eigenvalue weighted by atomic mass is 32.1. The molecular formula is C51H32N4S. The first kappa shape index (κ1) is 32.2. The van der Waals surface area contributed by atoms with Gasteiger partial charge in [0.05, 0.1) is 16.7 Å². The maximum atomic E-state index is 5.23. The van der Waals surface area contributed by atoms with Crippen LogP contribution in [-0.2, 0) is 0 Å². The molecule has 4 nitrogen and oxygen atoms in total. The molecule has 3 aromatic heterocycles. The number of nitrogens with zero attached hydrogens (tertiary/aromatic N) is 4. The van der Waals surface area contributed by atoms with Crippen LogP contribution in [0.15, 0.2) is 194 Å². The van der Waals surface area contributed by atoms with Crippen molar-refractivity contribution in [2.45, 2.75) is 0 Å². The molecule has 56 heavy (non-hydrogen) atoms. The molecule has 3 heterocycles. The van der Waals surface area contributed by atoms with E-state index in [0.717, 1.165) is 39.0 Å². The van der Waals surface area contributed by atoms with Crippen molar-refractivity contribution in [3.63, 3.8) is 0 Å². The van der Waals surface area contributed by atoms with E-state index in [4.69, 9.17) is 15.0 Å². The Balaban J connectivity index is 1.21. The van der Waals surface area contributed by atoms with Gasteiger partial charge in [-0.05, 0) is 58.7 Å². The molecule has 0 amide bonds. The van der Waals surface area contributed by atoms with E-state index in [1.165, 1.54) is 47.6 Å². The van der Waals surface area contributed by atoms with Crippen molar-refractivity contribution in [3.8, 4) is 62.1 Å². The Labute approximate surface area is 327 Å². The highest BCUT2D eigenvalue weighted by molar-refractivity contribution is 7.26. The van der Waals surface area contributed by atoms with Crippen LogP contribution in [0.4, 0.5) is 0 Å². The molecule has 0 atom stereocenters. The van der Waals surface area contributed by atoms with Crippen LogP contribution >= 0.6 is 11.3 Å². The summed E-state index contributed by atoms with van der Waals surface area (Å²) < 4.78 is 4.97. The van der Waals surface area contributed by atoms with Crippen molar-refractivity contribution in [2.75, 3.05) is 0 Å². The summed E-state index contributed by atoms with van der Waals surface area (Å²) in [6.07, 6.45) is 0. The third-order valence-corrected chi connectivity index (χ3v) is 11.9. The second-order valence-electron chi connectivity index (χ2n) is 14.0. The van der Waals surface area contributed by atoms with Gasteiger partial charge in [0.1, 0.15) is 0 Å². The summed E-state index contributed by atoms with van der Waals surface area (Å²) in [5, 5.41) is 4.94. The SMILES string of the molecule is c1ccc(-c2ccc3c(c2)c2ccccc2n3-c2cc(-c3cccc4c3sc3ccccc34)ccc2-c2nc(-c3ccccc3)nc(-c3ccccc3)n2)cc1. The average Bonchev–Trinajstić information content (AvgIpc) is 3.83. The number of rotatable bonds is 6. The molecular weight excluding hydrogens is 701 g/mol. The first-order chi connectivity index (χ1) is 27.8. The molecule has 8 aromatic carbocycles. The molecule has 0 spiro atoms. The Morgan fingerprint density at radius 3 is 1.64 bits per heavy atom. The standard InChI is InChI=1S/C51H32N4S/c1-4-15-33(16-5-1)36-28-30-45-43(31-36)39-21-10-12-25-44(39)55(45)46-32-37(38-23-14-24-41-40-22-11-13-26-47(40)56-48(38)41)27-29-42(46)51-53-49(34-17-6-2-7-18-34)52-50(54-51)35-19-8-3-9-20-35/h1-32H. The number of hydrogen-bond donors (Lipinski definition) is 0. The van der Waals surface area contributed by atoms with Gasteiger partial charge in [0.2, 0.25) is 0 Å². The van der Waals surface area contributed by atoms with Gasteiger partial charge in [0, 0.05) is 47.6 Å². The molecule has 11 rings (SSSR count). The minimum Gasteiger partial charge on any atom is -0.308 e. The van der Waals surface area contributed by atoms with Gasteiger partial charge in [0.25, 0.3) is 0 Å². The second-order valence-corrected chi connectivity index (χ2v) is 15.1. The number of benzene rings is 8. The maximum absolute atomic E-state index is 5.23. The summed E-state index contributed by atoms with van der Waals surface area (Å²) in [6, 6.07) is 68.6. The van der Waals surface area contributed by atoms with Gasteiger partial charge in [-0.1, -0.05) is 158 Å². The Kier molecular flexibility index (Phi) is 7.64. The van der Waals surface area contributed by atoms with Crippen LogP contribution in [0.2, 0.25) is 0 Å². The van der Waals surface area contributed by atoms with Gasteiger partial charge >= 0.3 is 0 Å². The number of aromatic nitrogens is 4. The minimum absolute atomic E-state index is 0.617. The molecule has 0 aliphatic carbocycles. The minimum atomic E-state index is 0.617. The van der Waals surface area contributed by atoms with Crippen molar-refractivity contribution in [3.05, 3.63) is 194 Å². The molecule has 0 aliphatic rings. The lowest BCUT2D eigenvalue weighted by Crippen LogP contribution is -2.04. The molecule has 0 unspecified atom stereocenters. The van der Waals surface area contributed by atoms with Crippen LogP contribution in [-0.4, -0.2) is 19.5 Å². The first-order valence-electron chi connectivity index (χ1n) is 18.8. The molecule has 0 bridgehead atoms. The summed E-state index contributed by atoms with van der Waals surface area (Å²) in [5.41, 5.74) is 10.7. The zero-order valence-corrected chi connectivity index (χ0v) is 31.0. The molecule has 0 fully saturated rings. The molecule has 0 saturated heterocycles. The Bertz CT molecular complexity index is 3180. The van der Waals surface area contributed by atoms with Crippen LogP contribution in [0.25, 0.3) is 104 Å². The summed E-state index contributed by atoms with van der Waals surface area (Å²) in [5.74, 6) is 1.88. The van der Waals surface area contributed by atoms with Crippen molar-refractivity contribution >= 4 is 53.3 Å². The van der Waals surface area contributed by atoms with Crippen molar-refractivity contribution < 1.29 is 0 Å². The van der Waals surface area contributed by atoms with Gasteiger partial charge in [-0.25, -0.2) is 15.0 Å². The number of para-hydroxylation sites is 1. The lowest BCUT2D eigenvalue weighted by molar-refractivity contribution is 1.06. The largest absolute Gasteiger partial charge is 0.308 e. The Morgan fingerprint density at radius 2 is 0.911 bits per heavy atom. The van der Waals surface area contributed by atoms with E-state index in [1.54, 1.807) is 0 Å². The fourth-order valence-electron chi connectivity index (χ4n) is 8.02. The second kappa shape index (κ2) is 13.3. The van der Waals surface area contributed by atoms with Crippen LogP contribution in [0.3, 0.4) is 0 Å². The smallest absolute Gasteiger partial charge is 0.166 e. The van der Waals surface area contributed by atoms with E-state index in [1.807, 2.05) is 47.7 Å². The quantitative estimate of drug-likeness (QED) is 0.171. The summed E-state index contributed by atoms with van der Waals surface area (Å²) >= 11 is 1.85. The molecule has 11 aromatic rings. The third kappa shape index (κ3) is 5.40. The first-order valence-corrected chi connectivity index (χ1v) is 19.6. The van der Waals surface area contributed by atoms with E-state index in [0.29, 0.717) is 17.5 Å². The fraction of sp³-hybridized carbons (Fsp3) is 0. The van der Waals surface area contributed by atoms with E-state index in [2.05, 4.69) is 162 Å². The zero-order chi connectivity index (χ0) is 37.0. The highest BCUT2D eigenvalue weighted by Gasteiger charge is 2.21. The normalized spacial score (nSPS) is 11.6. The van der Waals surface area contributed by atoms with Crippen molar-refractivity contribution in [2.24, 2.45) is 0 Å². The van der Waals surface area contributed by atoms with E-state index < -0.39 is 0 Å². The Morgan fingerprint density at radius 1 is 0.339 bits per heavy atom. The molecule has 0 saturated carbocycles. The lowest BCUT2D eigenvalue weighted by atomic mass is 9.99. The molecule has 0 aliphatic heterocycles. The summed E-state index contributed by atoms with van der Waals surface area (Å²) in [4.78, 5) is 15.5. The lowest BCUT2D eigenvalue weighted by Gasteiger charge is -2.17. The van der Waals surface area contributed by atoms with E-state index in [9.17, 15) is 0 Å². The van der Waals surface area contributed by atoms with E-state index in [-0.39, 0.29) is 0 Å². The predicted octanol–water partition coefficient (Wildman–Crippen LogP) is 13.7. The van der Waals surface area contributed by atoms with Crippen LogP contribution in [0.5, 0.6) is 0 Å². The average molecular weight is 733 g/mol. The number of hydrogen-bond acceptors (Lipinski definition) is 4. The molecule has 262 valence electrons. The zero-order valence-electron chi connectivity index (χ0n) is 30.2. The Hall–Kier alpha value is -7.21. The topological polar surface area (TPSA) is 43.6 Å². The van der Waals surface area contributed by atoms with Gasteiger partial charge in [-0.3, -0.25) is 0 Å². The predicted molar refractivity (Wildman–Crippen MR) is 234 cm³/mol. The van der Waals surface area contributed by atoms with Gasteiger partial charge in [-0.2, -0.15) is 0 Å². The van der Waals surface area contributed by atoms with Gasteiger partial charge < -0.3 is 4.57 Å². The summed E-state index contributed by atoms with van der Waals surface area (Å²) in [6.45, 7) is 0.